The van der Waals surface area contributed by atoms with E-state index in [0.29, 0.717) is 0 Å². The minimum Gasteiger partial charge on any atom is -0.404 e. The summed E-state index contributed by atoms with van der Waals surface area (Å²) in [6.45, 7) is 5.59. The van der Waals surface area contributed by atoms with Crippen molar-refractivity contribution in [1.82, 2.24) is 0 Å². The maximum Gasteiger partial charge on any atom is 0.217 e. The van der Waals surface area contributed by atoms with Crippen molar-refractivity contribution in [3.63, 3.8) is 0 Å². The average Bonchev–Trinajstić information content (AvgIpc) is 2.63. The molecule has 0 aliphatic carbocycles. The predicted octanol–water partition coefficient (Wildman–Crippen LogP) is 1.21. The maximum absolute atomic E-state index is 9.84. The van der Waals surface area contributed by atoms with Gasteiger partial charge in [0.2, 0.25) is 8.32 Å². The summed E-state index contributed by atoms with van der Waals surface area (Å²) in [6, 6.07) is 2.05. The Morgan fingerprint density at radius 1 is 1.43 bits per heavy atom. The van der Waals surface area contributed by atoms with Crippen LogP contribution in [0, 0.1) is 0 Å². The van der Waals surface area contributed by atoms with E-state index in [0.717, 1.165) is 12.1 Å². The average molecular weight is 216 g/mol. The van der Waals surface area contributed by atoms with Crippen molar-refractivity contribution >= 4 is 8.32 Å². The van der Waals surface area contributed by atoms with E-state index in [9.17, 15) is 5.11 Å². The van der Waals surface area contributed by atoms with Crippen molar-refractivity contribution in [1.29, 1.82) is 0 Å². The molecule has 2 N–H and O–H groups in total. The van der Waals surface area contributed by atoms with Crippen LogP contribution in [0.5, 0.6) is 0 Å². The molecule has 14 heavy (non-hydrogen) atoms. The standard InChI is InChI=1S/C10H20O3Si/c1-4-14(5-2)7-6-9(13-14)10(3,12)8-11/h6-7,9,11-12H,4-5,8H2,1-3H3. The molecule has 2 atom stereocenters. The van der Waals surface area contributed by atoms with Crippen LogP contribution in [0.3, 0.4) is 0 Å². The molecule has 0 aromatic heterocycles. The van der Waals surface area contributed by atoms with E-state index < -0.39 is 13.9 Å². The summed E-state index contributed by atoms with van der Waals surface area (Å²) in [6.07, 6.45) is 1.58. The minimum absolute atomic E-state index is 0.264. The largest absolute Gasteiger partial charge is 0.404 e. The van der Waals surface area contributed by atoms with Gasteiger partial charge in [-0.2, -0.15) is 0 Å². The van der Waals surface area contributed by atoms with Gasteiger partial charge < -0.3 is 14.6 Å². The molecule has 0 aromatic rings. The third kappa shape index (κ3) is 2.08. The van der Waals surface area contributed by atoms with Gasteiger partial charge in [-0.1, -0.05) is 25.6 Å². The fourth-order valence-corrected chi connectivity index (χ4v) is 4.42. The van der Waals surface area contributed by atoms with Gasteiger partial charge in [-0.15, -0.1) is 0 Å². The molecule has 0 saturated carbocycles. The molecule has 1 heterocycles. The molecule has 0 spiro atoms. The van der Waals surface area contributed by atoms with Crippen molar-refractivity contribution in [3.05, 3.63) is 11.8 Å². The van der Waals surface area contributed by atoms with Crippen molar-refractivity contribution in [3.8, 4) is 0 Å². The second-order valence-electron chi connectivity index (χ2n) is 4.18. The van der Waals surface area contributed by atoms with E-state index in [-0.39, 0.29) is 12.7 Å². The SMILES string of the molecule is CC[Si]1(CC)C=CC(C(C)(O)CO)O1. The second-order valence-corrected chi connectivity index (χ2v) is 8.30. The van der Waals surface area contributed by atoms with Crippen molar-refractivity contribution in [2.45, 2.75) is 44.6 Å². The number of hydrogen-bond donors (Lipinski definition) is 2. The summed E-state index contributed by atoms with van der Waals surface area (Å²) in [7, 11) is -1.72. The lowest BCUT2D eigenvalue weighted by atomic mass is 10.0. The van der Waals surface area contributed by atoms with Crippen LogP contribution in [-0.2, 0) is 4.43 Å². The van der Waals surface area contributed by atoms with Crippen LogP contribution in [0.15, 0.2) is 11.8 Å². The smallest absolute Gasteiger partial charge is 0.217 e. The molecular weight excluding hydrogens is 196 g/mol. The molecule has 0 bridgehead atoms. The Morgan fingerprint density at radius 3 is 2.36 bits per heavy atom. The Bertz CT molecular complexity index is 221. The fraction of sp³-hybridized carbons (Fsp3) is 0.800. The summed E-state index contributed by atoms with van der Waals surface area (Å²) < 4.78 is 5.92. The predicted molar refractivity (Wildman–Crippen MR) is 58.4 cm³/mol. The van der Waals surface area contributed by atoms with Gasteiger partial charge in [0.1, 0.15) is 5.60 Å². The van der Waals surface area contributed by atoms with Gasteiger partial charge in [-0.3, -0.25) is 0 Å². The number of hydrogen-bond acceptors (Lipinski definition) is 3. The Morgan fingerprint density at radius 2 is 2.00 bits per heavy atom. The first-order valence-electron chi connectivity index (χ1n) is 5.20. The molecule has 0 radical (unpaired) electrons. The molecule has 2 unspecified atom stereocenters. The third-order valence-corrected chi connectivity index (χ3v) is 6.98. The molecule has 0 amide bonds. The number of rotatable bonds is 4. The lowest BCUT2D eigenvalue weighted by Crippen LogP contribution is -2.46. The van der Waals surface area contributed by atoms with Gasteiger partial charge in [0.15, 0.2) is 0 Å². The third-order valence-electron chi connectivity index (χ3n) is 3.07. The summed E-state index contributed by atoms with van der Waals surface area (Å²) in [5.74, 6) is 0. The van der Waals surface area contributed by atoms with E-state index in [4.69, 9.17) is 9.53 Å². The Kier molecular flexibility index (Phi) is 3.52. The van der Waals surface area contributed by atoms with Crippen LogP contribution in [0.25, 0.3) is 0 Å². The van der Waals surface area contributed by atoms with Crippen LogP contribution in [0.4, 0.5) is 0 Å². The summed E-state index contributed by atoms with van der Waals surface area (Å²) in [5, 5.41) is 18.9. The molecular formula is C10H20O3Si. The highest BCUT2D eigenvalue weighted by Crippen LogP contribution is 2.31. The van der Waals surface area contributed by atoms with Gasteiger partial charge in [0, 0.05) is 0 Å². The molecule has 4 heteroatoms. The molecule has 0 aromatic carbocycles. The molecule has 82 valence electrons. The topological polar surface area (TPSA) is 49.7 Å². The summed E-state index contributed by atoms with van der Waals surface area (Å²) in [4.78, 5) is 0. The molecule has 1 aliphatic heterocycles. The van der Waals surface area contributed by atoms with E-state index in [1.54, 1.807) is 6.92 Å². The van der Waals surface area contributed by atoms with E-state index in [2.05, 4.69) is 19.5 Å². The minimum atomic E-state index is -1.72. The van der Waals surface area contributed by atoms with Gasteiger partial charge in [-0.05, 0) is 19.0 Å². The Hall–Kier alpha value is -0.163. The highest BCUT2D eigenvalue weighted by atomic mass is 28.4. The molecule has 0 fully saturated rings. The Labute approximate surface area is 86.5 Å². The first-order chi connectivity index (χ1) is 6.49. The van der Waals surface area contributed by atoms with E-state index >= 15 is 0 Å². The van der Waals surface area contributed by atoms with Crippen LogP contribution in [-0.4, -0.2) is 36.8 Å². The van der Waals surface area contributed by atoms with Gasteiger partial charge >= 0.3 is 0 Å². The van der Waals surface area contributed by atoms with E-state index in [1.807, 2.05) is 6.08 Å². The number of aliphatic hydroxyl groups is 2. The fourth-order valence-electron chi connectivity index (χ4n) is 1.67. The molecule has 3 nitrogen and oxygen atoms in total. The zero-order valence-corrected chi connectivity index (χ0v) is 10.2. The summed E-state index contributed by atoms with van der Waals surface area (Å²) >= 11 is 0. The van der Waals surface area contributed by atoms with Crippen LogP contribution < -0.4 is 0 Å². The van der Waals surface area contributed by atoms with Crippen molar-refractivity contribution < 1.29 is 14.6 Å². The van der Waals surface area contributed by atoms with Crippen LogP contribution in [0.2, 0.25) is 12.1 Å². The van der Waals surface area contributed by atoms with Crippen LogP contribution >= 0.6 is 0 Å². The maximum atomic E-state index is 9.84. The monoisotopic (exact) mass is 216 g/mol. The highest BCUT2D eigenvalue weighted by molar-refractivity contribution is 6.79. The Balaban J connectivity index is 2.71. The lowest BCUT2D eigenvalue weighted by molar-refractivity contribution is -0.0625. The van der Waals surface area contributed by atoms with Gasteiger partial charge in [-0.25, -0.2) is 0 Å². The molecule has 0 saturated heterocycles. The van der Waals surface area contributed by atoms with Crippen LogP contribution in [0.1, 0.15) is 20.8 Å². The normalized spacial score (nSPS) is 29.1. The molecule has 1 aliphatic rings. The first kappa shape index (κ1) is 11.9. The van der Waals surface area contributed by atoms with Crippen molar-refractivity contribution in [2.75, 3.05) is 6.61 Å². The highest BCUT2D eigenvalue weighted by Gasteiger charge is 2.42. The van der Waals surface area contributed by atoms with Crippen molar-refractivity contribution in [2.24, 2.45) is 0 Å². The van der Waals surface area contributed by atoms with E-state index in [1.165, 1.54) is 0 Å². The van der Waals surface area contributed by atoms with Gasteiger partial charge in [0.25, 0.3) is 0 Å². The molecule has 1 rings (SSSR count). The zero-order valence-electron chi connectivity index (χ0n) is 9.16. The quantitative estimate of drug-likeness (QED) is 0.695. The second kappa shape index (κ2) is 4.14. The van der Waals surface area contributed by atoms with Gasteiger partial charge in [0.05, 0.1) is 12.7 Å². The number of aliphatic hydroxyl groups excluding tert-OH is 1. The first-order valence-corrected chi connectivity index (χ1v) is 7.60. The zero-order chi connectivity index (χ0) is 10.8. The lowest BCUT2D eigenvalue weighted by Gasteiger charge is -2.31. The summed E-state index contributed by atoms with van der Waals surface area (Å²) in [5.41, 5.74) is 0.997.